The van der Waals surface area contributed by atoms with Crippen LogP contribution in [0.2, 0.25) is 0 Å². The molecule has 1 aromatic heterocycles. The van der Waals surface area contributed by atoms with E-state index in [1.807, 2.05) is 0 Å². The predicted molar refractivity (Wildman–Crippen MR) is 89.0 cm³/mol. The Bertz CT molecular complexity index is 427. The summed E-state index contributed by atoms with van der Waals surface area (Å²) in [4.78, 5) is 7.40. The van der Waals surface area contributed by atoms with Gasteiger partial charge in [0, 0.05) is 37.0 Å². The molecule has 5 heteroatoms. The van der Waals surface area contributed by atoms with Crippen LogP contribution in [-0.2, 0) is 16.7 Å². The molecule has 1 atom stereocenters. The van der Waals surface area contributed by atoms with Crippen molar-refractivity contribution in [1.82, 2.24) is 15.2 Å². The fraction of sp³-hybridized carbons (Fsp3) is 0.812. The SMILES string of the molecule is COCCNCC1CCCN1Cc1nc(C(C)(C)C)cs1. The zero-order chi connectivity index (χ0) is 15.3. The summed E-state index contributed by atoms with van der Waals surface area (Å²) in [5.41, 5.74) is 1.37. The Labute approximate surface area is 132 Å². The molecule has 0 aliphatic carbocycles. The standard InChI is InChI=1S/C16H29N3OS/c1-16(2,3)14-12-21-15(18-14)11-19-8-5-6-13(19)10-17-7-9-20-4/h12-13,17H,5-11H2,1-4H3. The molecular formula is C16H29N3OS. The van der Waals surface area contributed by atoms with Gasteiger partial charge in [0.2, 0.25) is 0 Å². The largest absolute Gasteiger partial charge is 0.383 e. The van der Waals surface area contributed by atoms with E-state index in [9.17, 15) is 0 Å². The summed E-state index contributed by atoms with van der Waals surface area (Å²) >= 11 is 1.80. The van der Waals surface area contributed by atoms with Crippen LogP contribution in [0.5, 0.6) is 0 Å². The van der Waals surface area contributed by atoms with Gasteiger partial charge in [0.1, 0.15) is 5.01 Å². The van der Waals surface area contributed by atoms with Crippen LogP contribution in [0.1, 0.15) is 44.3 Å². The number of rotatable bonds is 7. The van der Waals surface area contributed by atoms with Crippen LogP contribution < -0.4 is 5.32 Å². The molecule has 0 aromatic carbocycles. The van der Waals surface area contributed by atoms with E-state index in [0.717, 1.165) is 26.2 Å². The van der Waals surface area contributed by atoms with Crippen molar-refractivity contribution in [1.29, 1.82) is 0 Å². The lowest BCUT2D eigenvalue weighted by Crippen LogP contribution is -2.38. The lowest BCUT2D eigenvalue weighted by molar-refractivity contribution is 0.191. The van der Waals surface area contributed by atoms with Gasteiger partial charge in [0.05, 0.1) is 18.8 Å². The first-order valence-electron chi connectivity index (χ1n) is 7.89. The average molecular weight is 311 g/mol. The molecule has 1 aromatic rings. The lowest BCUT2D eigenvalue weighted by atomic mass is 9.93. The molecule has 0 amide bonds. The van der Waals surface area contributed by atoms with Gasteiger partial charge in [-0.1, -0.05) is 20.8 Å². The first-order chi connectivity index (χ1) is 10.0. The number of nitrogens with zero attached hydrogens (tertiary/aromatic N) is 2. The summed E-state index contributed by atoms with van der Waals surface area (Å²) < 4.78 is 5.08. The van der Waals surface area contributed by atoms with Crippen molar-refractivity contribution in [2.45, 2.75) is 51.6 Å². The van der Waals surface area contributed by atoms with E-state index in [0.29, 0.717) is 6.04 Å². The average Bonchev–Trinajstić information content (AvgIpc) is 3.04. The third-order valence-electron chi connectivity index (χ3n) is 4.02. The molecule has 1 fully saturated rings. The zero-order valence-corrected chi connectivity index (χ0v) is 14.6. The fourth-order valence-electron chi connectivity index (χ4n) is 2.68. The van der Waals surface area contributed by atoms with Crippen LogP contribution >= 0.6 is 11.3 Å². The minimum atomic E-state index is 0.154. The predicted octanol–water partition coefficient (Wildman–Crippen LogP) is 2.64. The number of hydrogen-bond acceptors (Lipinski definition) is 5. The summed E-state index contributed by atoms with van der Waals surface area (Å²) in [7, 11) is 1.75. The van der Waals surface area contributed by atoms with E-state index in [2.05, 4.69) is 36.4 Å². The van der Waals surface area contributed by atoms with E-state index in [1.54, 1.807) is 18.4 Å². The van der Waals surface area contributed by atoms with Crippen LogP contribution in [0.25, 0.3) is 0 Å². The van der Waals surface area contributed by atoms with Crippen molar-refractivity contribution in [2.24, 2.45) is 0 Å². The second-order valence-corrected chi connectivity index (χ2v) is 7.78. The van der Waals surface area contributed by atoms with Crippen molar-refractivity contribution in [3.8, 4) is 0 Å². The number of hydrogen-bond donors (Lipinski definition) is 1. The smallest absolute Gasteiger partial charge is 0.107 e. The van der Waals surface area contributed by atoms with Crippen LogP contribution in [0.3, 0.4) is 0 Å². The van der Waals surface area contributed by atoms with Gasteiger partial charge < -0.3 is 10.1 Å². The molecule has 0 bridgehead atoms. The summed E-state index contributed by atoms with van der Waals surface area (Å²) in [6.45, 7) is 11.7. The third-order valence-corrected chi connectivity index (χ3v) is 4.85. The molecule has 0 radical (unpaired) electrons. The number of nitrogens with one attached hydrogen (secondary N) is 1. The summed E-state index contributed by atoms with van der Waals surface area (Å²) in [6.07, 6.45) is 2.59. The number of ether oxygens (including phenoxy) is 1. The quantitative estimate of drug-likeness (QED) is 0.786. The Hall–Kier alpha value is -0.490. The van der Waals surface area contributed by atoms with Gasteiger partial charge in [0.25, 0.3) is 0 Å². The third kappa shape index (κ3) is 5.02. The second-order valence-electron chi connectivity index (χ2n) is 6.84. The highest BCUT2D eigenvalue weighted by molar-refractivity contribution is 7.09. The van der Waals surface area contributed by atoms with E-state index in [-0.39, 0.29) is 5.41 Å². The molecule has 4 nitrogen and oxygen atoms in total. The molecule has 21 heavy (non-hydrogen) atoms. The minimum absolute atomic E-state index is 0.154. The Kier molecular flexibility index (Phi) is 6.17. The Morgan fingerprint density at radius 3 is 2.95 bits per heavy atom. The highest BCUT2D eigenvalue weighted by Crippen LogP contribution is 2.26. The summed E-state index contributed by atoms with van der Waals surface area (Å²) in [6, 6.07) is 0.642. The van der Waals surface area contributed by atoms with Crippen molar-refractivity contribution in [2.75, 3.05) is 33.4 Å². The highest BCUT2D eigenvalue weighted by atomic mass is 32.1. The molecule has 1 saturated heterocycles. The number of likely N-dealkylation sites (tertiary alicyclic amines) is 1. The van der Waals surface area contributed by atoms with Crippen molar-refractivity contribution in [3.63, 3.8) is 0 Å². The molecule has 1 unspecified atom stereocenters. The number of methoxy groups -OCH3 is 1. The molecule has 120 valence electrons. The maximum Gasteiger partial charge on any atom is 0.107 e. The normalized spacial score (nSPS) is 20.3. The Morgan fingerprint density at radius 2 is 2.29 bits per heavy atom. The second kappa shape index (κ2) is 7.68. The molecule has 1 aliphatic rings. The molecule has 1 aliphatic heterocycles. The molecule has 0 saturated carbocycles. The molecule has 0 spiro atoms. The van der Waals surface area contributed by atoms with Crippen LogP contribution in [0, 0.1) is 0 Å². The molecule has 2 rings (SSSR count). The molecule has 2 heterocycles. The summed E-state index contributed by atoms with van der Waals surface area (Å²) in [5, 5.41) is 6.96. The number of aromatic nitrogens is 1. The molecule has 1 N–H and O–H groups in total. The van der Waals surface area contributed by atoms with Gasteiger partial charge >= 0.3 is 0 Å². The van der Waals surface area contributed by atoms with E-state index >= 15 is 0 Å². The maximum absolute atomic E-state index is 5.08. The van der Waals surface area contributed by atoms with Crippen molar-refractivity contribution >= 4 is 11.3 Å². The Morgan fingerprint density at radius 1 is 1.48 bits per heavy atom. The monoisotopic (exact) mass is 311 g/mol. The molecular weight excluding hydrogens is 282 g/mol. The van der Waals surface area contributed by atoms with Gasteiger partial charge in [0.15, 0.2) is 0 Å². The van der Waals surface area contributed by atoms with Crippen LogP contribution in [-0.4, -0.2) is 49.3 Å². The first-order valence-corrected chi connectivity index (χ1v) is 8.77. The maximum atomic E-state index is 5.08. The summed E-state index contributed by atoms with van der Waals surface area (Å²) in [5.74, 6) is 0. The van der Waals surface area contributed by atoms with E-state index in [4.69, 9.17) is 9.72 Å². The van der Waals surface area contributed by atoms with Gasteiger partial charge in [-0.05, 0) is 19.4 Å². The van der Waals surface area contributed by atoms with Gasteiger partial charge in [-0.2, -0.15) is 0 Å². The van der Waals surface area contributed by atoms with Gasteiger partial charge in [-0.25, -0.2) is 4.98 Å². The van der Waals surface area contributed by atoms with Gasteiger partial charge in [-0.15, -0.1) is 11.3 Å². The number of thiazole rings is 1. The first kappa shape index (κ1) is 16.9. The van der Waals surface area contributed by atoms with E-state index < -0.39 is 0 Å². The van der Waals surface area contributed by atoms with E-state index in [1.165, 1.54) is 30.1 Å². The lowest BCUT2D eigenvalue weighted by Gasteiger charge is -2.23. The van der Waals surface area contributed by atoms with Crippen molar-refractivity contribution in [3.05, 3.63) is 16.1 Å². The van der Waals surface area contributed by atoms with Crippen molar-refractivity contribution < 1.29 is 4.74 Å². The topological polar surface area (TPSA) is 37.4 Å². The van der Waals surface area contributed by atoms with Gasteiger partial charge in [-0.3, -0.25) is 4.90 Å². The minimum Gasteiger partial charge on any atom is -0.383 e. The zero-order valence-electron chi connectivity index (χ0n) is 13.8. The fourth-order valence-corrected chi connectivity index (χ4v) is 3.72. The van der Waals surface area contributed by atoms with Crippen LogP contribution in [0.15, 0.2) is 5.38 Å². The Balaban J connectivity index is 1.84. The van der Waals surface area contributed by atoms with Crippen LogP contribution in [0.4, 0.5) is 0 Å². The highest BCUT2D eigenvalue weighted by Gasteiger charge is 2.25.